The van der Waals surface area contributed by atoms with Crippen molar-refractivity contribution in [3.63, 3.8) is 0 Å². The quantitative estimate of drug-likeness (QED) is 0.623. The van der Waals surface area contributed by atoms with E-state index in [0.717, 1.165) is 17.7 Å². The summed E-state index contributed by atoms with van der Waals surface area (Å²) in [7, 11) is 0. The lowest BCUT2D eigenvalue weighted by molar-refractivity contribution is 0.0984. The summed E-state index contributed by atoms with van der Waals surface area (Å²) in [5, 5.41) is 7.92. The lowest BCUT2D eigenvalue weighted by Crippen LogP contribution is -2.00. The molecule has 2 heterocycles. The molecule has 0 atom stereocenters. The molecule has 0 amide bonds. The van der Waals surface area contributed by atoms with Gasteiger partial charge in [-0.1, -0.05) is 6.08 Å². The Labute approximate surface area is 80.4 Å². The van der Waals surface area contributed by atoms with Gasteiger partial charge in [0.2, 0.25) is 0 Å². The van der Waals surface area contributed by atoms with Gasteiger partial charge in [0.25, 0.3) is 0 Å². The van der Waals surface area contributed by atoms with Crippen LogP contribution in [0.3, 0.4) is 0 Å². The van der Waals surface area contributed by atoms with Crippen molar-refractivity contribution in [1.29, 1.82) is 0 Å². The van der Waals surface area contributed by atoms with Gasteiger partial charge in [-0.15, -0.1) is 10.2 Å². The number of allylic oxidation sites excluding steroid dienone is 1. The summed E-state index contributed by atoms with van der Waals surface area (Å²) >= 11 is 0. The average Bonchev–Trinajstić information content (AvgIpc) is 2.53. The number of ketones is 1. The van der Waals surface area contributed by atoms with Crippen molar-refractivity contribution in [3.8, 4) is 0 Å². The molecular formula is C10H7N3O. The fraction of sp³-hybridized carbons (Fsp3) is 0.200. The topological polar surface area (TPSA) is 54.7 Å². The molecule has 4 heteroatoms. The van der Waals surface area contributed by atoms with Crippen molar-refractivity contribution in [2.75, 3.05) is 0 Å². The normalized spacial score (nSPS) is 17.7. The minimum Gasteiger partial charge on any atom is -0.294 e. The molecule has 2 aliphatic rings. The molecule has 1 aromatic rings. The Morgan fingerprint density at radius 1 is 1.29 bits per heavy atom. The summed E-state index contributed by atoms with van der Waals surface area (Å²) in [6.45, 7) is 0. The Kier molecular flexibility index (Phi) is 1.39. The maximum absolute atomic E-state index is 11.7. The van der Waals surface area contributed by atoms with E-state index < -0.39 is 0 Å². The number of hydrogen-bond donors (Lipinski definition) is 0. The van der Waals surface area contributed by atoms with E-state index in [4.69, 9.17) is 0 Å². The maximum atomic E-state index is 11.7. The second kappa shape index (κ2) is 2.57. The zero-order valence-electron chi connectivity index (χ0n) is 7.40. The molecule has 3 rings (SSSR count). The first-order valence-corrected chi connectivity index (χ1v) is 4.51. The standard InChI is InChI=1S/C10H7N3O/c14-8-3-1-2-7-9-6(8)4-5-11-10(9)13-12-7/h2,4-5H,1,3H2. The van der Waals surface area contributed by atoms with E-state index in [1.807, 2.05) is 6.08 Å². The van der Waals surface area contributed by atoms with Gasteiger partial charge >= 0.3 is 0 Å². The van der Waals surface area contributed by atoms with Gasteiger partial charge in [0, 0.05) is 18.2 Å². The van der Waals surface area contributed by atoms with Crippen LogP contribution in [0.1, 0.15) is 28.8 Å². The highest BCUT2D eigenvalue weighted by molar-refractivity contribution is 6.03. The highest BCUT2D eigenvalue weighted by Crippen LogP contribution is 2.37. The van der Waals surface area contributed by atoms with Crippen LogP contribution < -0.4 is 0 Å². The molecule has 1 aromatic heterocycles. The number of pyridine rings is 1. The second-order valence-electron chi connectivity index (χ2n) is 3.31. The van der Waals surface area contributed by atoms with Crippen molar-refractivity contribution < 1.29 is 4.79 Å². The van der Waals surface area contributed by atoms with E-state index in [2.05, 4.69) is 15.2 Å². The number of azo groups is 1. The van der Waals surface area contributed by atoms with Crippen molar-refractivity contribution in [2.24, 2.45) is 10.2 Å². The first-order valence-electron chi connectivity index (χ1n) is 4.51. The van der Waals surface area contributed by atoms with E-state index in [-0.39, 0.29) is 5.78 Å². The van der Waals surface area contributed by atoms with E-state index in [0.29, 0.717) is 17.8 Å². The molecule has 0 radical (unpaired) electrons. The smallest absolute Gasteiger partial charge is 0.184 e. The van der Waals surface area contributed by atoms with Gasteiger partial charge in [0.15, 0.2) is 11.6 Å². The number of hydrogen-bond acceptors (Lipinski definition) is 4. The monoisotopic (exact) mass is 185 g/mol. The molecule has 0 spiro atoms. The number of carbonyl (C=O) groups is 1. The molecule has 1 aliphatic carbocycles. The highest BCUT2D eigenvalue weighted by Gasteiger charge is 2.24. The van der Waals surface area contributed by atoms with E-state index in [9.17, 15) is 4.79 Å². The number of rotatable bonds is 0. The van der Waals surface area contributed by atoms with Crippen LogP contribution in [0, 0.1) is 0 Å². The average molecular weight is 185 g/mol. The molecule has 1 aliphatic heterocycles. The van der Waals surface area contributed by atoms with Crippen LogP contribution in [0.15, 0.2) is 28.6 Å². The molecule has 0 unspecified atom stereocenters. The molecular weight excluding hydrogens is 178 g/mol. The van der Waals surface area contributed by atoms with Crippen LogP contribution in [0.4, 0.5) is 5.82 Å². The van der Waals surface area contributed by atoms with E-state index >= 15 is 0 Å². The second-order valence-corrected chi connectivity index (χ2v) is 3.31. The van der Waals surface area contributed by atoms with Gasteiger partial charge in [-0.25, -0.2) is 4.98 Å². The van der Waals surface area contributed by atoms with Crippen LogP contribution in [0.5, 0.6) is 0 Å². The third-order valence-corrected chi connectivity index (χ3v) is 2.45. The zero-order valence-corrected chi connectivity index (χ0v) is 7.40. The Balaban J connectivity index is 2.36. The van der Waals surface area contributed by atoms with Crippen molar-refractivity contribution in [3.05, 3.63) is 29.5 Å². The third kappa shape index (κ3) is 0.878. The van der Waals surface area contributed by atoms with Crippen molar-refractivity contribution in [2.45, 2.75) is 12.8 Å². The Morgan fingerprint density at radius 2 is 2.21 bits per heavy atom. The van der Waals surface area contributed by atoms with Crippen LogP contribution in [0.25, 0.3) is 5.70 Å². The largest absolute Gasteiger partial charge is 0.294 e. The number of Topliss-reactive ketones (excluding diaryl/α,β-unsaturated/α-hetero) is 1. The molecule has 0 aromatic carbocycles. The Bertz CT molecular complexity index is 488. The number of carbonyl (C=O) groups excluding carboxylic acids is 1. The summed E-state index contributed by atoms with van der Waals surface area (Å²) in [4.78, 5) is 15.8. The zero-order chi connectivity index (χ0) is 9.54. The molecule has 0 fully saturated rings. The van der Waals surface area contributed by atoms with Crippen molar-refractivity contribution >= 4 is 17.3 Å². The summed E-state index contributed by atoms with van der Waals surface area (Å²) in [6, 6.07) is 1.75. The number of nitrogens with zero attached hydrogens (tertiary/aromatic N) is 3. The molecule has 4 nitrogen and oxygen atoms in total. The highest BCUT2D eigenvalue weighted by atomic mass is 16.1. The third-order valence-electron chi connectivity index (χ3n) is 2.45. The van der Waals surface area contributed by atoms with Gasteiger partial charge in [0.1, 0.15) is 0 Å². The minimum atomic E-state index is 0.155. The fourth-order valence-electron chi connectivity index (χ4n) is 1.78. The van der Waals surface area contributed by atoms with Crippen LogP contribution in [0.2, 0.25) is 0 Å². The summed E-state index contributed by atoms with van der Waals surface area (Å²) in [6.07, 6.45) is 4.85. The van der Waals surface area contributed by atoms with Crippen molar-refractivity contribution in [1.82, 2.24) is 4.98 Å². The Hall–Kier alpha value is -1.84. The number of aromatic nitrogens is 1. The molecule has 14 heavy (non-hydrogen) atoms. The first-order chi connectivity index (χ1) is 6.86. The summed E-state index contributed by atoms with van der Waals surface area (Å²) < 4.78 is 0. The maximum Gasteiger partial charge on any atom is 0.184 e. The van der Waals surface area contributed by atoms with Gasteiger partial charge in [-0.3, -0.25) is 4.79 Å². The molecule has 0 bridgehead atoms. The van der Waals surface area contributed by atoms with Gasteiger partial charge in [-0.05, 0) is 12.5 Å². The van der Waals surface area contributed by atoms with Crippen LogP contribution in [-0.4, -0.2) is 10.8 Å². The summed E-state index contributed by atoms with van der Waals surface area (Å²) in [5.74, 6) is 0.728. The molecule has 68 valence electrons. The predicted octanol–water partition coefficient (Wildman–Crippen LogP) is 2.50. The van der Waals surface area contributed by atoms with E-state index in [1.54, 1.807) is 12.3 Å². The molecule has 0 saturated carbocycles. The minimum absolute atomic E-state index is 0.155. The molecule has 0 saturated heterocycles. The van der Waals surface area contributed by atoms with Gasteiger partial charge in [-0.2, -0.15) is 0 Å². The molecule has 0 N–H and O–H groups in total. The fourth-order valence-corrected chi connectivity index (χ4v) is 1.78. The lowest BCUT2D eigenvalue weighted by Gasteiger charge is -2.01. The SMILES string of the molecule is O=C1CCC=C2N=Nc3nccc1c32. The van der Waals surface area contributed by atoms with Crippen LogP contribution >= 0.6 is 0 Å². The summed E-state index contributed by atoms with van der Waals surface area (Å²) in [5.41, 5.74) is 2.33. The first kappa shape index (κ1) is 7.55. The van der Waals surface area contributed by atoms with Crippen LogP contribution in [-0.2, 0) is 0 Å². The van der Waals surface area contributed by atoms with Gasteiger partial charge in [0.05, 0.1) is 11.3 Å². The van der Waals surface area contributed by atoms with E-state index in [1.165, 1.54) is 0 Å². The van der Waals surface area contributed by atoms with Gasteiger partial charge < -0.3 is 0 Å². The Morgan fingerprint density at radius 3 is 3.14 bits per heavy atom. The predicted molar refractivity (Wildman–Crippen MR) is 50.3 cm³/mol. The lowest BCUT2D eigenvalue weighted by atomic mass is 10.0.